The molecule has 0 bridgehead atoms. The van der Waals surface area contributed by atoms with Gasteiger partial charge >= 0.3 is 0 Å². The van der Waals surface area contributed by atoms with Crippen LogP contribution < -0.4 is 5.32 Å². The minimum Gasteiger partial charge on any atom is -0.347 e. The summed E-state index contributed by atoms with van der Waals surface area (Å²) in [5, 5.41) is 3.11. The molecule has 1 heterocycles. The van der Waals surface area contributed by atoms with E-state index in [1.54, 1.807) is 12.1 Å². The van der Waals surface area contributed by atoms with Crippen LogP contribution in [0.5, 0.6) is 0 Å². The highest BCUT2D eigenvalue weighted by molar-refractivity contribution is 5.79. The van der Waals surface area contributed by atoms with Crippen molar-refractivity contribution in [2.24, 2.45) is 5.92 Å². The molecule has 4 heteroatoms. The Morgan fingerprint density at radius 2 is 1.95 bits per heavy atom. The van der Waals surface area contributed by atoms with Crippen LogP contribution >= 0.6 is 0 Å². The number of carbonyl (C=O) groups excluding carboxylic acids is 1. The Labute approximate surface area is 126 Å². The third-order valence-corrected chi connectivity index (χ3v) is 4.29. The van der Waals surface area contributed by atoms with Crippen LogP contribution in [0.4, 0.5) is 4.39 Å². The van der Waals surface area contributed by atoms with Crippen LogP contribution in [0, 0.1) is 11.7 Å². The number of amides is 1. The van der Waals surface area contributed by atoms with E-state index in [1.165, 1.54) is 18.6 Å². The maximum Gasteiger partial charge on any atom is 0.225 e. The quantitative estimate of drug-likeness (QED) is 0.874. The fraction of sp³-hybridized carbons (Fsp3) is 0.588. The van der Waals surface area contributed by atoms with E-state index in [9.17, 15) is 9.18 Å². The van der Waals surface area contributed by atoms with Crippen molar-refractivity contribution in [1.82, 2.24) is 10.2 Å². The first-order valence-electron chi connectivity index (χ1n) is 7.73. The van der Waals surface area contributed by atoms with E-state index >= 15 is 0 Å². The van der Waals surface area contributed by atoms with Crippen LogP contribution in [-0.4, -0.2) is 30.4 Å². The molecule has 1 aromatic carbocycles. The molecule has 1 aliphatic rings. The minimum atomic E-state index is -0.493. The smallest absolute Gasteiger partial charge is 0.225 e. The zero-order valence-electron chi connectivity index (χ0n) is 13.2. The Bertz CT molecular complexity index is 480. The van der Waals surface area contributed by atoms with Gasteiger partial charge in [-0.3, -0.25) is 4.79 Å². The second-order valence-corrected chi connectivity index (χ2v) is 6.38. The zero-order valence-corrected chi connectivity index (χ0v) is 13.2. The molecule has 1 aromatic rings. The van der Waals surface area contributed by atoms with Crippen molar-refractivity contribution in [3.05, 3.63) is 35.6 Å². The topological polar surface area (TPSA) is 32.3 Å². The third kappa shape index (κ3) is 4.03. The number of halogens is 1. The Kier molecular flexibility index (Phi) is 4.99. The molecule has 0 saturated carbocycles. The largest absolute Gasteiger partial charge is 0.347 e. The van der Waals surface area contributed by atoms with Crippen LogP contribution in [-0.2, 0) is 10.3 Å². The average molecular weight is 292 g/mol. The van der Waals surface area contributed by atoms with Crippen molar-refractivity contribution >= 4 is 5.91 Å². The van der Waals surface area contributed by atoms with Gasteiger partial charge in [-0.15, -0.1) is 0 Å². The van der Waals surface area contributed by atoms with Crippen LogP contribution in [0.3, 0.4) is 0 Å². The summed E-state index contributed by atoms with van der Waals surface area (Å²) < 4.78 is 13.0. The molecule has 0 spiro atoms. The Morgan fingerprint density at radius 1 is 1.33 bits per heavy atom. The highest BCUT2D eigenvalue weighted by atomic mass is 19.1. The number of nitrogens with zero attached hydrogens (tertiary/aromatic N) is 1. The van der Waals surface area contributed by atoms with E-state index in [-0.39, 0.29) is 17.6 Å². The first kappa shape index (κ1) is 16.0. The molecule has 1 N–H and O–H groups in total. The zero-order chi connectivity index (χ0) is 15.5. The number of carbonyl (C=O) groups is 1. The summed E-state index contributed by atoms with van der Waals surface area (Å²) in [7, 11) is 0. The normalized spacial score (nSPS) is 17.1. The van der Waals surface area contributed by atoms with E-state index in [1.807, 2.05) is 13.8 Å². The highest BCUT2D eigenvalue weighted by Crippen LogP contribution is 2.22. The van der Waals surface area contributed by atoms with Gasteiger partial charge in [0.25, 0.3) is 0 Å². The fourth-order valence-corrected chi connectivity index (χ4v) is 2.62. The molecule has 116 valence electrons. The molecule has 0 unspecified atom stereocenters. The van der Waals surface area contributed by atoms with E-state index < -0.39 is 5.54 Å². The number of hydrogen-bond acceptors (Lipinski definition) is 2. The molecule has 1 saturated heterocycles. The van der Waals surface area contributed by atoms with E-state index in [4.69, 9.17) is 0 Å². The Balaban J connectivity index is 1.99. The molecule has 3 nitrogen and oxygen atoms in total. The van der Waals surface area contributed by atoms with Crippen LogP contribution in [0.1, 0.15) is 39.2 Å². The van der Waals surface area contributed by atoms with Crippen LogP contribution in [0.15, 0.2) is 24.3 Å². The van der Waals surface area contributed by atoms with Crippen LogP contribution in [0.25, 0.3) is 0 Å². The number of benzene rings is 1. The molecular formula is C17H25FN2O. The van der Waals surface area contributed by atoms with E-state index in [2.05, 4.69) is 17.1 Å². The van der Waals surface area contributed by atoms with Gasteiger partial charge in [-0.25, -0.2) is 4.39 Å². The summed E-state index contributed by atoms with van der Waals surface area (Å²) in [6.07, 6.45) is 2.07. The molecule has 0 radical (unpaired) electrons. The first-order valence-corrected chi connectivity index (χ1v) is 7.73. The predicted octanol–water partition coefficient (Wildman–Crippen LogP) is 2.91. The lowest BCUT2D eigenvalue weighted by atomic mass is 9.92. The van der Waals surface area contributed by atoms with Crippen molar-refractivity contribution in [3.63, 3.8) is 0 Å². The molecular weight excluding hydrogens is 267 g/mol. The van der Waals surface area contributed by atoms with Gasteiger partial charge in [-0.1, -0.05) is 19.1 Å². The monoisotopic (exact) mass is 292 g/mol. The molecule has 0 aliphatic carbocycles. The maximum atomic E-state index is 13.0. The molecule has 0 aromatic heterocycles. The number of rotatable bonds is 6. The molecule has 21 heavy (non-hydrogen) atoms. The minimum absolute atomic E-state index is 0.0185. The average Bonchev–Trinajstić information content (AvgIpc) is 2.37. The second kappa shape index (κ2) is 6.56. The molecule has 1 aliphatic heterocycles. The third-order valence-electron chi connectivity index (χ3n) is 4.29. The van der Waals surface area contributed by atoms with Crippen molar-refractivity contribution in [2.45, 2.75) is 39.2 Å². The van der Waals surface area contributed by atoms with Gasteiger partial charge in [0.2, 0.25) is 5.91 Å². The van der Waals surface area contributed by atoms with Gasteiger partial charge < -0.3 is 10.2 Å². The second-order valence-electron chi connectivity index (χ2n) is 6.38. The summed E-state index contributed by atoms with van der Waals surface area (Å²) >= 11 is 0. The van der Waals surface area contributed by atoms with Gasteiger partial charge in [0.1, 0.15) is 5.82 Å². The van der Waals surface area contributed by atoms with E-state index in [0.717, 1.165) is 31.6 Å². The lowest BCUT2D eigenvalue weighted by molar-refractivity contribution is -0.127. The summed E-state index contributed by atoms with van der Waals surface area (Å²) in [5.41, 5.74) is 0.420. The van der Waals surface area contributed by atoms with Crippen molar-refractivity contribution < 1.29 is 9.18 Å². The van der Waals surface area contributed by atoms with Crippen LogP contribution in [0.2, 0.25) is 0 Å². The molecule has 1 amide bonds. The van der Waals surface area contributed by atoms with Gasteiger partial charge in [-0.2, -0.15) is 0 Å². The maximum absolute atomic E-state index is 13.0. The van der Waals surface area contributed by atoms with Gasteiger partial charge in [0, 0.05) is 6.54 Å². The lowest BCUT2D eigenvalue weighted by Gasteiger charge is -2.35. The summed E-state index contributed by atoms with van der Waals surface area (Å²) in [4.78, 5) is 14.8. The predicted molar refractivity (Wildman–Crippen MR) is 82.4 cm³/mol. The van der Waals surface area contributed by atoms with Crippen molar-refractivity contribution in [2.75, 3.05) is 19.6 Å². The summed E-state index contributed by atoms with van der Waals surface area (Å²) in [5.74, 6) is -0.158. The standard InChI is InChI=1S/C17H25FN2O/c1-4-13(12-20-10-5-11-20)16(21)19-17(2,3)14-6-8-15(18)9-7-14/h6-9,13H,4-5,10-12H2,1-3H3,(H,19,21)/t13-/m1/s1. The lowest BCUT2D eigenvalue weighted by Crippen LogP contribution is -2.48. The first-order chi connectivity index (χ1) is 9.92. The Hall–Kier alpha value is -1.42. The van der Waals surface area contributed by atoms with Gasteiger partial charge in [0.15, 0.2) is 0 Å². The van der Waals surface area contributed by atoms with Gasteiger partial charge in [0.05, 0.1) is 11.5 Å². The van der Waals surface area contributed by atoms with Crippen molar-refractivity contribution in [3.8, 4) is 0 Å². The van der Waals surface area contributed by atoms with E-state index in [0.29, 0.717) is 0 Å². The number of nitrogens with one attached hydrogen (secondary N) is 1. The number of hydrogen-bond donors (Lipinski definition) is 1. The highest BCUT2D eigenvalue weighted by Gasteiger charge is 2.28. The SMILES string of the molecule is CC[C@H](CN1CCC1)C(=O)NC(C)(C)c1ccc(F)cc1. The molecule has 1 fully saturated rings. The molecule has 1 atom stereocenters. The van der Waals surface area contributed by atoms with Crippen molar-refractivity contribution in [1.29, 1.82) is 0 Å². The fourth-order valence-electron chi connectivity index (χ4n) is 2.62. The Morgan fingerprint density at radius 3 is 2.43 bits per heavy atom. The summed E-state index contributed by atoms with van der Waals surface area (Å²) in [6, 6.07) is 6.32. The van der Waals surface area contributed by atoms with Gasteiger partial charge in [-0.05, 0) is 57.5 Å². The molecule has 2 rings (SSSR count). The summed E-state index contributed by atoms with van der Waals surface area (Å²) in [6.45, 7) is 9.00. The number of likely N-dealkylation sites (tertiary alicyclic amines) is 1.